The van der Waals surface area contributed by atoms with Crippen LogP contribution in [0.15, 0.2) is 21.5 Å². The van der Waals surface area contributed by atoms with Crippen LogP contribution in [0, 0.1) is 0 Å². The number of rotatable bonds is 1. The predicted octanol–water partition coefficient (Wildman–Crippen LogP) is 1.21. The number of hydrogen-bond donors (Lipinski definition) is 1. The molecule has 0 aromatic rings. The summed E-state index contributed by atoms with van der Waals surface area (Å²) < 4.78 is 22.5. The maximum Gasteiger partial charge on any atom is 0.239 e. The number of hydrogen-bond acceptors (Lipinski definition) is 3. The van der Waals surface area contributed by atoms with Gasteiger partial charge in [0.25, 0.3) is 0 Å². The summed E-state index contributed by atoms with van der Waals surface area (Å²) in [5, 5.41) is 4.93. The molecule has 0 aromatic carbocycles. The van der Waals surface area contributed by atoms with E-state index in [1.165, 1.54) is 6.08 Å². The zero-order valence-electron chi connectivity index (χ0n) is 5.95. The average molecular weight is 268 g/mol. The first kappa shape index (κ1) is 10.0. The highest BCUT2D eigenvalue weighted by Gasteiger charge is 2.19. The highest BCUT2D eigenvalue weighted by Crippen LogP contribution is 2.21. The first-order valence-corrected chi connectivity index (χ1v) is 5.79. The Morgan fingerprint density at radius 1 is 1.58 bits per heavy atom. The third-order valence-electron chi connectivity index (χ3n) is 1.33. The lowest BCUT2D eigenvalue weighted by Gasteiger charge is -2.09. The summed E-state index contributed by atoms with van der Waals surface area (Å²) in [5.74, 6) is 0. The maximum absolute atomic E-state index is 10.9. The summed E-state index contributed by atoms with van der Waals surface area (Å²) in [7, 11) is -3.66. The normalized spacial score (nSPS) is 18.7. The molecule has 0 radical (unpaired) electrons. The molecule has 1 aliphatic carbocycles. The van der Waals surface area contributed by atoms with E-state index in [0.29, 0.717) is 15.8 Å². The number of halogens is 1. The molecule has 0 spiro atoms. The van der Waals surface area contributed by atoms with Gasteiger partial charge < -0.3 is 0 Å². The standard InChI is InChI=1S/C6H6BrNO2S2/c7-4-1-2-5(11)6(3-4)12(8,9)10/h1,3H,2H2,(H2,8,9,10). The third-order valence-corrected chi connectivity index (χ3v) is 3.38. The van der Waals surface area contributed by atoms with Gasteiger partial charge in [0.15, 0.2) is 0 Å². The summed E-state index contributed by atoms with van der Waals surface area (Å²) >= 11 is 7.99. The Balaban J connectivity index is 3.20. The Hall–Kier alpha value is -0.0400. The van der Waals surface area contributed by atoms with Gasteiger partial charge in [0.2, 0.25) is 10.0 Å². The van der Waals surface area contributed by atoms with Crippen LogP contribution in [0.3, 0.4) is 0 Å². The molecule has 0 saturated carbocycles. The first-order chi connectivity index (χ1) is 5.41. The van der Waals surface area contributed by atoms with Crippen molar-refractivity contribution in [3.8, 4) is 0 Å². The van der Waals surface area contributed by atoms with Crippen LogP contribution in [0.2, 0.25) is 0 Å². The second-order valence-corrected chi connectivity index (χ2v) is 5.21. The molecule has 0 amide bonds. The topological polar surface area (TPSA) is 60.2 Å². The SMILES string of the molecule is NS(=O)(=O)C1=CC(Br)=CCC1=S. The Morgan fingerprint density at radius 2 is 2.17 bits per heavy atom. The Bertz CT molecular complexity index is 380. The fourth-order valence-electron chi connectivity index (χ4n) is 0.796. The van der Waals surface area contributed by atoms with E-state index in [9.17, 15) is 8.42 Å². The summed E-state index contributed by atoms with van der Waals surface area (Å²) in [6, 6.07) is 0. The molecule has 0 atom stereocenters. The minimum absolute atomic E-state index is 0.0341. The van der Waals surface area contributed by atoms with E-state index in [1.807, 2.05) is 0 Å². The number of sulfonamides is 1. The van der Waals surface area contributed by atoms with Crippen molar-refractivity contribution in [3.63, 3.8) is 0 Å². The van der Waals surface area contributed by atoms with Crippen molar-refractivity contribution in [1.82, 2.24) is 0 Å². The van der Waals surface area contributed by atoms with Crippen LogP contribution in [0.1, 0.15) is 6.42 Å². The van der Waals surface area contributed by atoms with Gasteiger partial charge in [-0.05, 0) is 6.08 Å². The molecule has 0 aromatic heterocycles. The van der Waals surface area contributed by atoms with Crippen LogP contribution in [0.5, 0.6) is 0 Å². The second-order valence-electron chi connectivity index (χ2n) is 2.27. The van der Waals surface area contributed by atoms with Gasteiger partial charge in [-0.3, -0.25) is 0 Å². The minimum atomic E-state index is -3.66. The molecule has 2 N–H and O–H groups in total. The molecule has 3 nitrogen and oxygen atoms in total. The van der Waals surface area contributed by atoms with E-state index in [-0.39, 0.29) is 4.91 Å². The van der Waals surface area contributed by atoms with Gasteiger partial charge in [-0.15, -0.1) is 0 Å². The minimum Gasteiger partial charge on any atom is -0.225 e. The quantitative estimate of drug-likeness (QED) is 0.727. The summed E-state index contributed by atoms with van der Waals surface area (Å²) in [5.41, 5.74) is 0. The maximum atomic E-state index is 10.9. The molecule has 66 valence electrons. The molecule has 1 rings (SSSR count). The monoisotopic (exact) mass is 267 g/mol. The number of nitrogens with two attached hydrogens (primary N) is 1. The number of thiocarbonyl (C=S) groups is 1. The summed E-state index contributed by atoms with van der Waals surface area (Å²) in [4.78, 5) is 0.396. The summed E-state index contributed by atoms with van der Waals surface area (Å²) in [6.45, 7) is 0. The van der Waals surface area contributed by atoms with E-state index in [2.05, 4.69) is 15.9 Å². The average Bonchev–Trinajstić information content (AvgIpc) is 1.92. The molecule has 0 aliphatic heterocycles. The Labute approximate surface area is 84.5 Å². The highest BCUT2D eigenvalue weighted by atomic mass is 79.9. The van der Waals surface area contributed by atoms with Crippen LogP contribution >= 0.6 is 28.1 Å². The van der Waals surface area contributed by atoms with Gasteiger partial charge in [0.05, 0.1) is 4.91 Å². The highest BCUT2D eigenvalue weighted by molar-refractivity contribution is 9.11. The van der Waals surface area contributed by atoms with Crippen LogP contribution in [0.4, 0.5) is 0 Å². The van der Waals surface area contributed by atoms with Crippen molar-refractivity contribution in [3.05, 3.63) is 21.5 Å². The fraction of sp³-hybridized carbons (Fsp3) is 0.167. The van der Waals surface area contributed by atoms with Crippen LogP contribution < -0.4 is 5.14 Å². The second kappa shape index (κ2) is 3.37. The van der Waals surface area contributed by atoms with Crippen molar-refractivity contribution in [2.24, 2.45) is 5.14 Å². The molecular weight excluding hydrogens is 262 g/mol. The van der Waals surface area contributed by atoms with Gasteiger partial charge in [0.1, 0.15) is 0 Å². The Kier molecular flexibility index (Phi) is 2.82. The lowest BCUT2D eigenvalue weighted by atomic mass is 10.2. The van der Waals surface area contributed by atoms with Gasteiger partial charge in [-0.1, -0.05) is 34.2 Å². The van der Waals surface area contributed by atoms with Crippen molar-refractivity contribution < 1.29 is 8.42 Å². The lowest BCUT2D eigenvalue weighted by Crippen LogP contribution is -2.21. The van der Waals surface area contributed by atoms with E-state index in [0.717, 1.165) is 0 Å². The zero-order valence-corrected chi connectivity index (χ0v) is 9.17. The molecule has 1 aliphatic rings. The van der Waals surface area contributed by atoms with Crippen LogP contribution in [-0.4, -0.2) is 13.3 Å². The molecule has 0 unspecified atom stereocenters. The van der Waals surface area contributed by atoms with Gasteiger partial charge >= 0.3 is 0 Å². The van der Waals surface area contributed by atoms with Gasteiger partial charge in [0, 0.05) is 15.8 Å². The molecule has 0 fully saturated rings. The lowest BCUT2D eigenvalue weighted by molar-refractivity contribution is 0.605. The Morgan fingerprint density at radius 3 is 2.58 bits per heavy atom. The molecule has 6 heteroatoms. The predicted molar refractivity (Wildman–Crippen MR) is 55.4 cm³/mol. The molecular formula is C6H6BrNO2S2. The third kappa shape index (κ3) is 2.22. The first-order valence-electron chi connectivity index (χ1n) is 3.04. The van der Waals surface area contributed by atoms with E-state index in [4.69, 9.17) is 17.4 Å². The number of primary sulfonamides is 1. The van der Waals surface area contributed by atoms with Crippen molar-refractivity contribution in [2.45, 2.75) is 6.42 Å². The van der Waals surface area contributed by atoms with Crippen molar-refractivity contribution in [1.29, 1.82) is 0 Å². The van der Waals surface area contributed by atoms with E-state index in [1.54, 1.807) is 6.08 Å². The fourth-order valence-corrected chi connectivity index (χ4v) is 2.52. The largest absolute Gasteiger partial charge is 0.239 e. The molecule has 12 heavy (non-hydrogen) atoms. The smallest absolute Gasteiger partial charge is 0.225 e. The van der Waals surface area contributed by atoms with Crippen LogP contribution in [0.25, 0.3) is 0 Å². The zero-order chi connectivity index (χ0) is 9.35. The van der Waals surface area contributed by atoms with Crippen molar-refractivity contribution in [2.75, 3.05) is 0 Å². The molecule has 0 saturated heterocycles. The van der Waals surface area contributed by atoms with E-state index >= 15 is 0 Å². The summed E-state index contributed by atoms with van der Waals surface area (Å²) in [6.07, 6.45) is 3.65. The van der Waals surface area contributed by atoms with Gasteiger partial charge in [-0.2, -0.15) is 0 Å². The van der Waals surface area contributed by atoms with Gasteiger partial charge in [-0.25, -0.2) is 13.6 Å². The van der Waals surface area contributed by atoms with E-state index < -0.39 is 10.0 Å². The van der Waals surface area contributed by atoms with Crippen molar-refractivity contribution >= 4 is 43.0 Å². The molecule has 0 heterocycles. The number of allylic oxidation sites excluding steroid dienone is 4. The molecule has 0 bridgehead atoms. The van der Waals surface area contributed by atoms with Crippen LogP contribution in [-0.2, 0) is 10.0 Å².